The molecule has 1 saturated heterocycles. The molecule has 0 bridgehead atoms. The van der Waals surface area contributed by atoms with Crippen LogP contribution in [0.15, 0.2) is 0 Å². The first-order valence-electron chi connectivity index (χ1n) is 5.83. The van der Waals surface area contributed by atoms with Crippen LogP contribution in [0, 0.1) is 5.21 Å². The predicted molar refractivity (Wildman–Crippen MR) is 63.5 cm³/mol. The third kappa shape index (κ3) is 3.31. The van der Waals surface area contributed by atoms with E-state index in [1.54, 1.807) is 0 Å². The molecule has 16 heavy (non-hydrogen) atoms. The maximum Gasteiger partial charge on any atom is 0.100 e. The van der Waals surface area contributed by atoms with E-state index < -0.39 is 0 Å². The van der Waals surface area contributed by atoms with Crippen molar-refractivity contribution in [2.75, 3.05) is 21.1 Å². The number of nitrogens with zero attached hydrogens (tertiary/aromatic N) is 1. The molecule has 98 valence electrons. The average molecular weight is 342 g/mol. The normalized spacial score (nSPS) is 33.0. The summed E-state index contributed by atoms with van der Waals surface area (Å²) in [6, 6.07) is 0.590. The smallest absolute Gasteiger partial charge is 0.100 e. The lowest BCUT2D eigenvalue weighted by Crippen LogP contribution is -3.23. The highest BCUT2D eigenvalue weighted by Crippen LogP contribution is 2.28. The minimum atomic E-state index is -0.155. The molecule has 1 N–H and O–H groups in total. The third-order valence-corrected chi connectivity index (χ3v) is 3.82. The van der Waals surface area contributed by atoms with Crippen LogP contribution in [0.5, 0.6) is 0 Å². The summed E-state index contributed by atoms with van der Waals surface area (Å²) >= 11 is 0. The number of rotatable bonds is 1. The number of piperidine rings is 1. The first-order chi connectivity index (χ1) is 6.47. The lowest BCUT2D eigenvalue weighted by molar-refractivity contribution is -0.981. The van der Waals surface area contributed by atoms with Crippen molar-refractivity contribution in [1.82, 2.24) is 0 Å². The maximum absolute atomic E-state index is 12.2. The fraction of sp³-hybridized carbons (Fsp3) is 1.00. The van der Waals surface area contributed by atoms with Gasteiger partial charge >= 0.3 is 0 Å². The van der Waals surface area contributed by atoms with E-state index in [0.717, 1.165) is 17.3 Å². The van der Waals surface area contributed by atoms with E-state index >= 15 is 0 Å². The molecular formula is C12H27IN2O. The Bertz CT molecular complexity index is 228. The second-order valence-electron chi connectivity index (χ2n) is 7.28. The Balaban J connectivity index is 0.00000225. The van der Waals surface area contributed by atoms with Crippen LogP contribution in [0.1, 0.15) is 40.5 Å². The summed E-state index contributed by atoms with van der Waals surface area (Å²) in [5, 5.41) is 12.7. The van der Waals surface area contributed by atoms with Crippen molar-refractivity contribution in [2.24, 2.45) is 0 Å². The largest absolute Gasteiger partial charge is 1.00 e. The number of hydrogen-bond donors (Lipinski definition) is 1. The van der Waals surface area contributed by atoms with Crippen LogP contribution >= 0.6 is 0 Å². The molecule has 0 atom stereocenters. The summed E-state index contributed by atoms with van der Waals surface area (Å²) in [4.78, 5) is 0. The molecule has 0 saturated carbocycles. The Hall–Kier alpha value is 0.610. The standard InChI is InChI=1S/C12H27N2O.HI/c1-11(2)8-10(14(5,6)7)9-12(3,4)13(11)15;/h10,13H,8-9H2,1-7H3;1H/q+1;/p-1. The molecule has 1 aliphatic heterocycles. The SMILES string of the molecule is CC1(C)CC([N+](C)(C)C)CC(C)(C)[NH+]1[O-].[I-]. The van der Waals surface area contributed by atoms with Gasteiger partial charge in [-0.1, -0.05) is 0 Å². The molecule has 0 aromatic carbocycles. The van der Waals surface area contributed by atoms with Gasteiger partial charge in [0.1, 0.15) is 6.04 Å². The number of hydrogen-bond acceptors (Lipinski definition) is 1. The van der Waals surface area contributed by atoms with Gasteiger partial charge in [0.15, 0.2) is 0 Å². The molecule has 0 spiro atoms. The van der Waals surface area contributed by atoms with Crippen LogP contribution in [-0.4, -0.2) is 42.7 Å². The number of nitrogens with one attached hydrogen (secondary N) is 1. The van der Waals surface area contributed by atoms with Crippen molar-refractivity contribution >= 4 is 0 Å². The zero-order valence-electron chi connectivity index (χ0n) is 11.7. The quantitative estimate of drug-likeness (QED) is 0.327. The molecule has 1 rings (SSSR count). The Morgan fingerprint density at radius 1 is 1.00 bits per heavy atom. The zero-order chi connectivity index (χ0) is 12.1. The van der Waals surface area contributed by atoms with Crippen LogP contribution in [-0.2, 0) is 0 Å². The van der Waals surface area contributed by atoms with E-state index in [0.29, 0.717) is 11.1 Å². The van der Waals surface area contributed by atoms with Gasteiger partial charge in [-0.15, -0.1) is 0 Å². The van der Waals surface area contributed by atoms with E-state index in [1.807, 2.05) is 0 Å². The maximum atomic E-state index is 12.2. The zero-order valence-corrected chi connectivity index (χ0v) is 13.9. The van der Waals surface area contributed by atoms with Crippen molar-refractivity contribution in [1.29, 1.82) is 0 Å². The fourth-order valence-electron chi connectivity index (χ4n) is 2.90. The van der Waals surface area contributed by atoms with E-state index in [-0.39, 0.29) is 35.1 Å². The van der Waals surface area contributed by atoms with Crippen molar-refractivity contribution in [3.63, 3.8) is 0 Å². The number of hydroxylamine groups is 2. The Labute approximate surface area is 117 Å². The van der Waals surface area contributed by atoms with Gasteiger partial charge in [-0.2, -0.15) is 0 Å². The molecule has 0 aromatic heterocycles. The Kier molecular flexibility index (Phi) is 4.88. The summed E-state index contributed by atoms with van der Waals surface area (Å²) in [5.74, 6) is 0. The molecule has 1 fully saturated rings. The van der Waals surface area contributed by atoms with Crippen LogP contribution in [0.2, 0.25) is 0 Å². The first kappa shape index (κ1) is 16.6. The molecular weight excluding hydrogens is 315 g/mol. The number of halogens is 1. The Morgan fingerprint density at radius 3 is 1.56 bits per heavy atom. The van der Waals surface area contributed by atoms with E-state index in [9.17, 15) is 5.21 Å². The lowest BCUT2D eigenvalue weighted by Gasteiger charge is -2.56. The molecule has 0 aromatic rings. The first-order valence-corrected chi connectivity index (χ1v) is 5.83. The highest BCUT2D eigenvalue weighted by Gasteiger charge is 2.49. The number of quaternary nitrogens is 2. The van der Waals surface area contributed by atoms with Gasteiger partial charge in [-0.25, -0.2) is 0 Å². The van der Waals surface area contributed by atoms with Gasteiger partial charge in [-0.3, -0.25) is 0 Å². The summed E-state index contributed by atoms with van der Waals surface area (Å²) < 4.78 is 0.958. The minimum absolute atomic E-state index is 0. The third-order valence-electron chi connectivity index (χ3n) is 3.82. The lowest BCUT2D eigenvalue weighted by atomic mass is 9.78. The molecule has 3 nitrogen and oxygen atoms in total. The highest BCUT2D eigenvalue weighted by molar-refractivity contribution is 4.87. The van der Waals surface area contributed by atoms with Gasteiger partial charge in [0.05, 0.1) is 45.1 Å². The van der Waals surface area contributed by atoms with E-state index in [2.05, 4.69) is 48.8 Å². The van der Waals surface area contributed by atoms with Gasteiger partial charge in [0, 0.05) is 0 Å². The molecule has 0 radical (unpaired) electrons. The van der Waals surface area contributed by atoms with Crippen LogP contribution in [0.4, 0.5) is 0 Å². The highest BCUT2D eigenvalue weighted by atomic mass is 127. The van der Waals surface area contributed by atoms with E-state index in [4.69, 9.17) is 0 Å². The topological polar surface area (TPSA) is 27.5 Å². The molecule has 0 aliphatic carbocycles. The molecule has 0 amide bonds. The van der Waals surface area contributed by atoms with Gasteiger partial charge in [0.25, 0.3) is 0 Å². The van der Waals surface area contributed by atoms with Gasteiger partial charge in [-0.05, 0) is 27.7 Å². The molecule has 0 unspecified atom stereocenters. The molecule has 1 heterocycles. The van der Waals surface area contributed by atoms with Crippen LogP contribution in [0.25, 0.3) is 0 Å². The Morgan fingerprint density at radius 2 is 1.31 bits per heavy atom. The summed E-state index contributed by atoms with van der Waals surface area (Å²) in [6.07, 6.45) is 2.03. The summed E-state index contributed by atoms with van der Waals surface area (Å²) in [7, 11) is 6.69. The summed E-state index contributed by atoms with van der Waals surface area (Å²) in [6.45, 7) is 8.38. The minimum Gasteiger partial charge on any atom is -1.00 e. The van der Waals surface area contributed by atoms with Crippen molar-refractivity contribution in [3.8, 4) is 0 Å². The van der Waals surface area contributed by atoms with Crippen molar-refractivity contribution in [3.05, 3.63) is 5.21 Å². The molecule has 1 aliphatic rings. The second-order valence-corrected chi connectivity index (χ2v) is 7.28. The van der Waals surface area contributed by atoms with Crippen molar-refractivity contribution in [2.45, 2.75) is 57.7 Å². The van der Waals surface area contributed by atoms with Gasteiger partial charge in [0.2, 0.25) is 0 Å². The van der Waals surface area contributed by atoms with Crippen molar-refractivity contribution < 1.29 is 33.5 Å². The van der Waals surface area contributed by atoms with Gasteiger partial charge < -0.3 is 38.7 Å². The van der Waals surface area contributed by atoms with E-state index in [1.165, 1.54) is 0 Å². The molecule has 4 heteroatoms. The second kappa shape index (κ2) is 4.71. The predicted octanol–water partition coefficient (Wildman–Crippen LogP) is -2.20. The summed E-state index contributed by atoms with van der Waals surface area (Å²) in [5.41, 5.74) is -0.310. The average Bonchev–Trinajstić information content (AvgIpc) is 1.97. The van der Waals surface area contributed by atoms with Crippen LogP contribution < -0.4 is 29.0 Å². The van der Waals surface area contributed by atoms with Crippen LogP contribution in [0.3, 0.4) is 0 Å². The fourth-order valence-corrected chi connectivity index (χ4v) is 2.90. The monoisotopic (exact) mass is 342 g/mol.